The van der Waals surface area contributed by atoms with Gasteiger partial charge in [-0.15, -0.1) is 0 Å². The standard InChI is InChI=1S/C13H10BrFOS/c14-13-10(2-1-3-12(13)15)7-11(16)6-9-4-5-17-8-9/h1-5,8H,6-7H2. The molecule has 0 spiro atoms. The van der Waals surface area contributed by atoms with Crippen molar-refractivity contribution < 1.29 is 9.18 Å². The Morgan fingerprint density at radius 2 is 2.12 bits per heavy atom. The molecule has 0 unspecified atom stereocenters. The number of Topliss-reactive ketones (excluding diaryl/α,β-unsaturated/α-hetero) is 1. The van der Waals surface area contributed by atoms with E-state index in [-0.39, 0.29) is 18.0 Å². The number of benzene rings is 1. The second kappa shape index (κ2) is 5.56. The van der Waals surface area contributed by atoms with E-state index < -0.39 is 0 Å². The Kier molecular flexibility index (Phi) is 4.07. The van der Waals surface area contributed by atoms with Gasteiger partial charge in [0.15, 0.2) is 0 Å². The van der Waals surface area contributed by atoms with Gasteiger partial charge in [0.1, 0.15) is 11.6 Å². The highest BCUT2D eigenvalue weighted by Gasteiger charge is 2.10. The number of ketones is 1. The van der Waals surface area contributed by atoms with Crippen molar-refractivity contribution in [2.75, 3.05) is 0 Å². The van der Waals surface area contributed by atoms with Crippen molar-refractivity contribution >= 4 is 33.0 Å². The molecule has 1 aromatic heterocycles. The Bertz CT molecular complexity index is 522. The first-order chi connectivity index (χ1) is 8.16. The highest BCUT2D eigenvalue weighted by Crippen LogP contribution is 2.21. The van der Waals surface area contributed by atoms with Crippen molar-refractivity contribution in [3.05, 3.63) is 56.4 Å². The van der Waals surface area contributed by atoms with Crippen LogP contribution in [-0.4, -0.2) is 5.78 Å². The summed E-state index contributed by atoms with van der Waals surface area (Å²) in [4.78, 5) is 11.8. The van der Waals surface area contributed by atoms with Crippen molar-refractivity contribution in [2.45, 2.75) is 12.8 Å². The van der Waals surface area contributed by atoms with E-state index in [1.54, 1.807) is 23.5 Å². The summed E-state index contributed by atoms with van der Waals surface area (Å²) < 4.78 is 13.6. The molecule has 1 nitrogen and oxygen atoms in total. The maximum Gasteiger partial charge on any atom is 0.141 e. The van der Waals surface area contributed by atoms with Gasteiger partial charge in [0, 0.05) is 12.8 Å². The molecule has 0 aliphatic rings. The van der Waals surface area contributed by atoms with Gasteiger partial charge in [0.2, 0.25) is 0 Å². The van der Waals surface area contributed by atoms with Crippen LogP contribution in [0.3, 0.4) is 0 Å². The molecular weight excluding hydrogens is 303 g/mol. The zero-order chi connectivity index (χ0) is 12.3. The summed E-state index contributed by atoms with van der Waals surface area (Å²) in [7, 11) is 0. The van der Waals surface area contributed by atoms with E-state index in [0.29, 0.717) is 16.5 Å². The van der Waals surface area contributed by atoms with Gasteiger partial charge in [0.25, 0.3) is 0 Å². The molecule has 0 amide bonds. The first-order valence-electron chi connectivity index (χ1n) is 5.12. The molecule has 0 atom stereocenters. The predicted octanol–water partition coefficient (Wildman–Crippen LogP) is 4.00. The van der Waals surface area contributed by atoms with Crippen molar-refractivity contribution in [1.82, 2.24) is 0 Å². The van der Waals surface area contributed by atoms with Crippen LogP contribution in [0.25, 0.3) is 0 Å². The van der Waals surface area contributed by atoms with E-state index in [0.717, 1.165) is 5.56 Å². The van der Waals surface area contributed by atoms with Crippen molar-refractivity contribution in [1.29, 1.82) is 0 Å². The van der Waals surface area contributed by atoms with E-state index in [1.165, 1.54) is 6.07 Å². The average molecular weight is 313 g/mol. The van der Waals surface area contributed by atoms with E-state index in [2.05, 4.69) is 15.9 Å². The van der Waals surface area contributed by atoms with Gasteiger partial charge in [-0.1, -0.05) is 12.1 Å². The van der Waals surface area contributed by atoms with Gasteiger partial charge < -0.3 is 0 Å². The van der Waals surface area contributed by atoms with Crippen LogP contribution in [0.15, 0.2) is 39.5 Å². The number of hydrogen-bond acceptors (Lipinski definition) is 2. The lowest BCUT2D eigenvalue weighted by Gasteiger charge is -2.04. The molecule has 1 aromatic carbocycles. The summed E-state index contributed by atoms with van der Waals surface area (Å²) in [6.45, 7) is 0. The lowest BCUT2D eigenvalue weighted by Crippen LogP contribution is -2.06. The third kappa shape index (κ3) is 3.23. The topological polar surface area (TPSA) is 17.1 Å². The number of hydrogen-bond donors (Lipinski definition) is 0. The molecule has 4 heteroatoms. The predicted molar refractivity (Wildman–Crippen MR) is 70.8 cm³/mol. The van der Waals surface area contributed by atoms with Crippen LogP contribution >= 0.6 is 27.3 Å². The Hall–Kier alpha value is -1.00. The molecule has 1 heterocycles. The zero-order valence-electron chi connectivity index (χ0n) is 8.95. The summed E-state index contributed by atoms with van der Waals surface area (Å²) in [5.74, 6) is -0.236. The van der Waals surface area contributed by atoms with Crippen molar-refractivity contribution in [3.8, 4) is 0 Å². The molecule has 0 saturated carbocycles. The van der Waals surface area contributed by atoms with E-state index >= 15 is 0 Å². The molecule has 0 fully saturated rings. The second-order valence-corrected chi connectivity index (χ2v) is 5.31. The Morgan fingerprint density at radius 3 is 2.82 bits per heavy atom. The SMILES string of the molecule is O=C(Cc1ccsc1)Cc1cccc(F)c1Br. The highest BCUT2D eigenvalue weighted by atomic mass is 79.9. The monoisotopic (exact) mass is 312 g/mol. The van der Waals surface area contributed by atoms with E-state index in [1.807, 2.05) is 16.8 Å². The maximum absolute atomic E-state index is 13.3. The maximum atomic E-state index is 13.3. The van der Waals surface area contributed by atoms with Gasteiger partial charge in [-0.25, -0.2) is 4.39 Å². The Balaban J connectivity index is 2.06. The minimum Gasteiger partial charge on any atom is -0.299 e. The van der Waals surface area contributed by atoms with Crippen LogP contribution in [0.1, 0.15) is 11.1 Å². The Morgan fingerprint density at radius 1 is 1.29 bits per heavy atom. The number of rotatable bonds is 4. The van der Waals surface area contributed by atoms with Crippen LogP contribution < -0.4 is 0 Å². The summed E-state index contributed by atoms with van der Waals surface area (Å²) in [6, 6.07) is 6.69. The molecule has 0 aliphatic heterocycles. The van der Waals surface area contributed by atoms with Crippen LogP contribution in [0, 0.1) is 5.82 Å². The molecule has 0 aliphatic carbocycles. The van der Waals surface area contributed by atoms with Gasteiger partial charge in [-0.05, 0) is 49.9 Å². The fourth-order valence-corrected chi connectivity index (χ4v) is 2.65. The molecule has 88 valence electrons. The third-order valence-electron chi connectivity index (χ3n) is 2.40. The van der Waals surface area contributed by atoms with E-state index in [4.69, 9.17) is 0 Å². The largest absolute Gasteiger partial charge is 0.299 e. The van der Waals surface area contributed by atoms with Gasteiger partial charge in [0.05, 0.1) is 4.47 Å². The number of carbonyl (C=O) groups is 1. The first kappa shape index (κ1) is 12.5. The fourth-order valence-electron chi connectivity index (χ4n) is 1.58. The van der Waals surface area contributed by atoms with Crippen molar-refractivity contribution in [3.63, 3.8) is 0 Å². The van der Waals surface area contributed by atoms with Crippen LogP contribution in [0.2, 0.25) is 0 Å². The average Bonchev–Trinajstić information content (AvgIpc) is 2.77. The quantitative estimate of drug-likeness (QED) is 0.834. The fraction of sp³-hybridized carbons (Fsp3) is 0.154. The molecule has 0 N–H and O–H groups in total. The summed E-state index contributed by atoms with van der Waals surface area (Å²) in [5.41, 5.74) is 1.72. The molecule has 2 rings (SSSR count). The first-order valence-corrected chi connectivity index (χ1v) is 6.86. The summed E-state index contributed by atoms with van der Waals surface area (Å²) in [6.07, 6.45) is 0.667. The van der Waals surface area contributed by atoms with Crippen LogP contribution in [0.4, 0.5) is 4.39 Å². The summed E-state index contributed by atoms with van der Waals surface area (Å²) >= 11 is 4.73. The van der Waals surface area contributed by atoms with E-state index in [9.17, 15) is 9.18 Å². The Labute approximate surface area is 111 Å². The van der Waals surface area contributed by atoms with Gasteiger partial charge >= 0.3 is 0 Å². The van der Waals surface area contributed by atoms with Crippen LogP contribution in [-0.2, 0) is 17.6 Å². The molecule has 2 aromatic rings. The minimum absolute atomic E-state index is 0.0923. The normalized spacial score (nSPS) is 10.5. The molecule has 0 bridgehead atoms. The molecular formula is C13H10BrFOS. The highest BCUT2D eigenvalue weighted by molar-refractivity contribution is 9.10. The zero-order valence-corrected chi connectivity index (χ0v) is 11.4. The lowest BCUT2D eigenvalue weighted by molar-refractivity contribution is -0.117. The van der Waals surface area contributed by atoms with Gasteiger partial charge in [-0.3, -0.25) is 4.79 Å². The number of halogens is 2. The van der Waals surface area contributed by atoms with Gasteiger partial charge in [-0.2, -0.15) is 11.3 Å². The third-order valence-corrected chi connectivity index (χ3v) is 4.02. The van der Waals surface area contributed by atoms with Crippen molar-refractivity contribution in [2.24, 2.45) is 0 Å². The van der Waals surface area contributed by atoms with Crippen LogP contribution in [0.5, 0.6) is 0 Å². The molecule has 0 saturated heterocycles. The molecule has 0 radical (unpaired) electrons. The second-order valence-electron chi connectivity index (χ2n) is 3.74. The lowest BCUT2D eigenvalue weighted by atomic mass is 10.0. The number of thiophene rings is 1. The minimum atomic E-state index is -0.328. The molecule has 17 heavy (non-hydrogen) atoms. The summed E-state index contributed by atoms with van der Waals surface area (Å²) in [5, 5.41) is 3.90. The number of carbonyl (C=O) groups excluding carboxylic acids is 1. The smallest absolute Gasteiger partial charge is 0.141 e.